The number of ketones is 1. The number of aryl methyl sites for hydroxylation is 3. The summed E-state index contributed by atoms with van der Waals surface area (Å²) in [4.78, 5) is 20.8. The fourth-order valence-electron chi connectivity index (χ4n) is 3.50. The summed E-state index contributed by atoms with van der Waals surface area (Å²) in [6.07, 6.45) is 5.83. The molecule has 3 rings (SSSR count). The van der Waals surface area contributed by atoms with E-state index in [9.17, 15) is 4.79 Å². The molecule has 0 unspecified atom stereocenters. The maximum Gasteiger partial charge on any atom is 0.126 e. The number of Topliss-reactive ketones (excluding diaryl/α,β-unsaturated/α-hetero) is 1. The molecule has 1 aliphatic rings. The van der Waals surface area contributed by atoms with Gasteiger partial charge in [-0.1, -0.05) is 87.7 Å². The summed E-state index contributed by atoms with van der Waals surface area (Å²) in [7, 11) is 0. The number of hydrogen-bond donors (Lipinski definition) is 0. The first-order valence-corrected chi connectivity index (χ1v) is 13.4. The fourth-order valence-corrected chi connectivity index (χ4v) is 3.50. The molecular formula is C33H53NO2. The average Bonchev–Trinajstić information content (AvgIpc) is 2.82. The molecule has 0 radical (unpaired) electrons. The third-order valence-electron chi connectivity index (χ3n) is 5.38. The van der Waals surface area contributed by atoms with Gasteiger partial charge >= 0.3 is 0 Å². The quantitative estimate of drug-likeness (QED) is 0.398. The van der Waals surface area contributed by atoms with Crippen LogP contribution in [0.25, 0.3) is 5.57 Å². The van der Waals surface area contributed by atoms with E-state index in [-0.39, 0.29) is 5.78 Å². The summed E-state index contributed by atoms with van der Waals surface area (Å²) in [6.45, 7) is 23.4. The van der Waals surface area contributed by atoms with Crippen molar-refractivity contribution in [2.24, 2.45) is 0 Å². The molecule has 36 heavy (non-hydrogen) atoms. The number of unbranched alkanes of at least 4 members (excludes halogenated alkanes) is 1. The highest BCUT2D eigenvalue weighted by molar-refractivity contribution is 5.72. The highest BCUT2D eigenvalue weighted by Crippen LogP contribution is 2.29. The number of rotatable bonds is 4. The number of nitrogens with zero attached hydrogens (tertiary/aromatic N) is 1. The summed E-state index contributed by atoms with van der Waals surface area (Å²) < 4.78 is 0. The number of hydrogen-bond acceptors (Lipinski definition) is 3. The van der Waals surface area contributed by atoms with Gasteiger partial charge in [-0.25, -0.2) is 0 Å². The summed E-state index contributed by atoms with van der Waals surface area (Å²) >= 11 is 0. The Balaban J connectivity index is 0. The Kier molecular flexibility index (Phi) is 22.7. The van der Waals surface area contributed by atoms with Crippen LogP contribution in [0.4, 0.5) is 0 Å². The molecule has 0 aliphatic carbocycles. The molecule has 0 fully saturated rings. The number of benzene rings is 2. The Morgan fingerprint density at radius 2 is 1.28 bits per heavy atom. The van der Waals surface area contributed by atoms with Crippen molar-refractivity contribution in [1.29, 1.82) is 0 Å². The van der Waals surface area contributed by atoms with Gasteiger partial charge in [0.05, 0.1) is 0 Å². The maximum atomic E-state index is 9.44. The molecule has 2 aromatic carbocycles. The van der Waals surface area contributed by atoms with Gasteiger partial charge in [-0.15, -0.1) is 0 Å². The molecule has 0 bridgehead atoms. The van der Waals surface area contributed by atoms with Crippen molar-refractivity contribution in [2.45, 2.75) is 94.9 Å². The van der Waals surface area contributed by atoms with Gasteiger partial charge in [-0.05, 0) is 95.7 Å². The van der Waals surface area contributed by atoms with Crippen LogP contribution in [-0.2, 0) is 9.59 Å². The van der Waals surface area contributed by atoms with Crippen molar-refractivity contribution in [3.05, 3.63) is 76.4 Å². The summed E-state index contributed by atoms with van der Waals surface area (Å²) in [5.74, 6) is 0.167. The lowest BCUT2D eigenvalue weighted by Gasteiger charge is -2.30. The van der Waals surface area contributed by atoms with Crippen LogP contribution in [-0.4, -0.2) is 36.6 Å². The maximum absolute atomic E-state index is 9.44. The molecule has 0 atom stereocenters. The number of carbonyl (C=O) groups is 2. The van der Waals surface area contributed by atoms with Crippen LogP contribution in [0.5, 0.6) is 0 Å². The molecule has 3 heteroatoms. The van der Waals surface area contributed by atoms with Crippen molar-refractivity contribution in [1.82, 2.24) is 4.90 Å². The minimum atomic E-state index is 0.167. The third kappa shape index (κ3) is 17.8. The molecule has 1 heterocycles. The Morgan fingerprint density at radius 1 is 0.861 bits per heavy atom. The largest absolute Gasteiger partial charge is 0.304 e. The van der Waals surface area contributed by atoms with Crippen molar-refractivity contribution < 1.29 is 9.59 Å². The van der Waals surface area contributed by atoms with Crippen molar-refractivity contribution in [3.8, 4) is 0 Å². The second-order valence-corrected chi connectivity index (χ2v) is 9.39. The summed E-state index contributed by atoms with van der Waals surface area (Å²) in [5, 5.41) is 0. The van der Waals surface area contributed by atoms with Crippen LogP contribution >= 0.6 is 0 Å². The Labute approximate surface area is 223 Å². The molecule has 2 aromatic rings. The number of aldehydes is 1. The SMILES string of the molecule is CC(C)=O.CC=O.CCC.CCCCN1CCC(c2ccccc2C)=C(C)C1.Cc1ccccc1C. The normalized spacial score (nSPS) is 12.3. The van der Waals surface area contributed by atoms with E-state index in [0.29, 0.717) is 0 Å². The van der Waals surface area contributed by atoms with Crippen molar-refractivity contribution in [3.63, 3.8) is 0 Å². The lowest BCUT2D eigenvalue weighted by Crippen LogP contribution is -2.31. The van der Waals surface area contributed by atoms with E-state index in [1.807, 2.05) is 0 Å². The zero-order valence-electron chi connectivity index (χ0n) is 24.9. The van der Waals surface area contributed by atoms with Gasteiger partial charge in [-0.3, -0.25) is 4.90 Å². The molecule has 1 aliphatic heterocycles. The first-order chi connectivity index (χ1) is 17.1. The summed E-state index contributed by atoms with van der Waals surface area (Å²) in [5.41, 5.74) is 8.76. The smallest absolute Gasteiger partial charge is 0.126 e. The van der Waals surface area contributed by atoms with Gasteiger partial charge in [0.25, 0.3) is 0 Å². The minimum absolute atomic E-state index is 0.167. The second kappa shape index (κ2) is 22.9. The van der Waals surface area contributed by atoms with E-state index in [1.165, 1.54) is 81.8 Å². The van der Waals surface area contributed by atoms with Crippen LogP contribution in [0.3, 0.4) is 0 Å². The molecule has 202 valence electrons. The fraction of sp³-hybridized carbons (Fsp3) is 0.515. The van der Waals surface area contributed by atoms with Gasteiger partial charge in [0.1, 0.15) is 12.1 Å². The van der Waals surface area contributed by atoms with E-state index in [1.54, 1.807) is 11.1 Å². The van der Waals surface area contributed by atoms with E-state index >= 15 is 0 Å². The zero-order chi connectivity index (χ0) is 27.9. The van der Waals surface area contributed by atoms with Crippen LogP contribution in [0.15, 0.2) is 54.1 Å². The zero-order valence-corrected chi connectivity index (χ0v) is 24.9. The molecule has 3 nitrogen and oxygen atoms in total. The highest BCUT2D eigenvalue weighted by atomic mass is 16.1. The van der Waals surface area contributed by atoms with Crippen LogP contribution in [0.1, 0.15) is 96.4 Å². The first kappa shape index (κ1) is 35.6. The van der Waals surface area contributed by atoms with Crippen LogP contribution in [0, 0.1) is 20.8 Å². The molecule has 0 N–H and O–H groups in total. The number of carbonyl (C=O) groups excluding carboxylic acids is 2. The Morgan fingerprint density at radius 3 is 1.64 bits per heavy atom. The molecule has 0 saturated carbocycles. The minimum Gasteiger partial charge on any atom is -0.304 e. The van der Waals surface area contributed by atoms with Crippen molar-refractivity contribution in [2.75, 3.05) is 19.6 Å². The monoisotopic (exact) mass is 495 g/mol. The van der Waals surface area contributed by atoms with E-state index in [4.69, 9.17) is 4.79 Å². The highest BCUT2D eigenvalue weighted by Gasteiger charge is 2.17. The molecule has 0 saturated heterocycles. The molecule has 0 amide bonds. The standard InChI is InChI=1S/C17H25N.C8H10.C3H6O.C3H8.C2H4O/c1-4-5-11-18-12-10-17(15(3)13-18)16-9-7-6-8-14(16)2;1-7-5-3-4-6-8(7)2;1-3(2)4;1-3-2;1-2-3/h6-9H,4-5,10-13H2,1-3H3;3-6H,1-2H3;1-2H3;3H2,1-2H3;2H,1H3. The molecule has 0 aromatic heterocycles. The topological polar surface area (TPSA) is 37.4 Å². The predicted octanol–water partition coefficient (Wildman–Crippen LogP) is 8.79. The third-order valence-corrected chi connectivity index (χ3v) is 5.38. The second-order valence-electron chi connectivity index (χ2n) is 9.39. The van der Waals surface area contributed by atoms with Crippen LogP contribution in [0.2, 0.25) is 0 Å². The lowest BCUT2D eigenvalue weighted by atomic mass is 9.91. The van der Waals surface area contributed by atoms with Crippen LogP contribution < -0.4 is 0 Å². The van der Waals surface area contributed by atoms with E-state index < -0.39 is 0 Å². The summed E-state index contributed by atoms with van der Waals surface area (Å²) in [6, 6.07) is 17.1. The predicted molar refractivity (Wildman–Crippen MR) is 160 cm³/mol. The van der Waals surface area contributed by atoms with E-state index in [2.05, 4.69) is 102 Å². The van der Waals surface area contributed by atoms with Gasteiger partial charge in [-0.2, -0.15) is 0 Å². The first-order valence-electron chi connectivity index (χ1n) is 13.4. The Hall–Kier alpha value is -2.52. The van der Waals surface area contributed by atoms with E-state index in [0.717, 1.165) is 12.8 Å². The van der Waals surface area contributed by atoms with Gasteiger partial charge < -0.3 is 9.59 Å². The van der Waals surface area contributed by atoms with Gasteiger partial charge in [0, 0.05) is 13.1 Å². The van der Waals surface area contributed by atoms with Gasteiger partial charge in [0.2, 0.25) is 0 Å². The molecule has 0 spiro atoms. The molecular weight excluding hydrogens is 442 g/mol. The van der Waals surface area contributed by atoms with Crippen molar-refractivity contribution >= 4 is 17.6 Å². The Bertz CT molecular complexity index is 858. The van der Waals surface area contributed by atoms with Gasteiger partial charge in [0.15, 0.2) is 0 Å². The average molecular weight is 496 g/mol. The lowest BCUT2D eigenvalue weighted by molar-refractivity contribution is -0.115.